The van der Waals surface area contributed by atoms with Crippen LogP contribution >= 0.6 is 12.2 Å². The summed E-state index contributed by atoms with van der Waals surface area (Å²) in [5, 5.41) is 11.4. The standard InChI is InChI=1S/C18H16N4OS/c1-23-16-12-6-5-8-14(16)11-7-13-19-22-17(20-21-18(22)24)15-9-3-2-4-10-15/h2-13H,1H3,(H,21,24)/b11-7-,19-13-. The van der Waals surface area contributed by atoms with Crippen LogP contribution in [0.5, 0.6) is 5.75 Å². The van der Waals surface area contributed by atoms with E-state index in [2.05, 4.69) is 15.3 Å². The summed E-state index contributed by atoms with van der Waals surface area (Å²) in [4.78, 5) is 0. The van der Waals surface area contributed by atoms with Crippen molar-refractivity contribution in [2.75, 3.05) is 7.11 Å². The first kappa shape index (κ1) is 15.9. The summed E-state index contributed by atoms with van der Waals surface area (Å²) < 4.78 is 7.35. The van der Waals surface area contributed by atoms with Crippen molar-refractivity contribution >= 4 is 24.5 Å². The first-order valence-corrected chi connectivity index (χ1v) is 7.77. The molecule has 5 nitrogen and oxygen atoms in total. The lowest BCUT2D eigenvalue weighted by atomic mass is 10.2. The van der Waals surface area contributed by atoms with E-state index in [4.69, 9.17) is 17.0 Å². The highest BCUT2D eigenvalue weighted by Gasteiger charge is 2.06. The fourth-order valence-corrected chi connectivity index (χ4v) is 2.41. The first-order valence-electron chi connectivity index (χ1n) is 7.36. The monoisotopic (exact) mass is 336 g/mol. The molecule has 0 atom stereocenters. The fraction of sp³-hybridized carbons (Fsp3) is 0.0556. The Morgan fingerprint density at radius 1 is 1.12 bits per heavy atom. The molecule has 3 rings (SSSR count). The molecule has 0 aliphatic heterocycles. The van der Waals surface area contributed by atoms with Crippen LogP contribution in [0.3, 0.4) is 0 Å². The first-order chi connectivity index (χ1) is 11.8. The van der Waals surface area contributed by atoms with E-state index in [0.29, 0.717) is 10.6 Å². The van der Waals surface area contributed by atoms with Gasteiger partial charge in [-0.05, 0) is 30.4 Å². The van der Waals surface area contributed by atoms with Gasteiger partial charge in [-0.3, -0.25) is 0 Å². The molecule has 2 aromatic carbocycles. The van der Waals surface area contributed by atoms with Crippen molar-refractivity contribution in [2.24, 2.45) is 5.10 Å². The van der Waals surface area contributed by atoms with Gasteiger partial charge >= 0.3 is 0 Å². The molecule has 1 N–H and O–H groups in total. The molecule has 0 aliphatic rings. The van der Waals surface area contributed by atoms with E-state index in [-0.39, 0.29) is 0 Å². The molecule has 1 aromatic heterocycles. The van der Waals surface area contributed by atoms with Crippen molar-refractivity contribution < 1.29 is 4.74 Å². The lowest BCUT2D eigenvalue weighted by molar-refractivity contribution is 0.414. The van der Waals surface area contributed by atoms with Crippen molar-refractivity contribution in [3.63, 3.8) is 0 Å². The number of rotatable bonds is 5. The van der Waals surface area contributed by atoms with Gasteiger partial charge < -0.3 is 4.74 Å². The molecule has 3 aromatic rings. The minimum Gasteiger partial charge on any atom is -0.496 e. The molecular weight excluding hydrogens is 320 g/mol. The molecule has 0 spiro atoms. The molecule has 0 saturated heterocycles. The molecule has 1 heterocycles. The topological polar surface area (TPSA) is 55.2 Å². The van der Waals surface area contributed by atoms with E-state index in [1.807, 2.05) is 66.7 Å². The minimum absolute atomic E-state index is 0.441. The number of nitrogens with one attached hydrogen (secondary N) is 1. The zero-order chi connectivity index (χ0) is 16.8. The van der Waals surface area contributed by atoms with Gasteiger partial charge in [-0.1, -0.05) is 48.5 Å². The Labute approximate surface area is 144 Å². The van der Waals surface area contributed by atoms with Crippen LogP contribution in [0, 0.1) is 4.77 Å². The van der Waals surface area contributed by atoms with Crippen molar-refractivity contribution in [1.82, 2.24) is 14.9 Å². The van der Waals surface area contributed by atoms with Crippen LogP contribution < -0.4 is 4.74 Å². The molecule has 0 bridgehead atoms. The van der Waals surface area contributed by atoms with E-state index < -0.39 is 0 Å². The zero-order valence-electron chi connectivity index (χ0n) is 13.1. The normalized spacial score (nSPS) is 11.4. The number of allylic oxidation sites excluding steroid dienone is 1. The van der Waals surface area contributed by atoms with Gasteiger partial charge in [0.05, 0.1) is 7.11 Å². The number of methoxy groups -OCH3 is 1. The average Bonchev–Trinajstić information content (AvgIpc) is 3.00. The zero-order valence-corrected chi connectivity index (χ0v) is 13.9. The number of aromatic amines is 1. The highest BCUT2D eigenvalue weighted by Crippen LogP contribution is 2.18. The van der Waals surface area contributed by atoms with Gasteiger partial charge in [-0.25, -0.2) is 5.10 Å². The summed E-state index contributed by atoms with van der Waals surface area (Å²) in [5.41, 5.74) is 1.92. The minimum atomic E-state index is 0.441. The predicted molar refractivity (Wildman–Crippen MR) is 98.8 cm³/mol. The summed E-state index contributed by atoms with van der Waals surface area (Å²) >= 11 is 5.24. The Morgan fingerprint density at radius 3 is 2.67 bits per heavy atom. The van der Waals surface area contributed by atoms with Crippen LogP contribution in [0.15, 0.2) is 65.8 Å². The highest BCUT2D eigenvalue weighted by atomic mass is 32.1. The number of H-pyrrole nitrogens is 1. The Bertz CT molecular complexity index is 925. The Balaban J connectivity index is 1.84. The van der Waals surface area contributed by atoms with E-state index in [1.54, 1.807) is 18.0 Å². The van der Waals surface area contributed by atoms with Crippen LogP contribution in [0.2, 0.25) is 0 Å². The quantitative estimate of drug-likeness (QED) is 0.562. The molecular formula is C18H16N4OS. The Kier molecular flexibility index (Phi) is 4.98. The highest BCUT2D eigenvalue weighted by molar-refractivity contribution is 7.71. The Morgan fingerprint density at radius 2 is 1.88 bits per heavy atom. The van der Waals surface area contributed by atoms with Crippen LogP contribution in [0.1, 0.15) is 5.56 Å². The van der Waals surface area contributed by atoms with E-state index >= 15 is 0 Å². The van der Waals surface area contributed by atoms with Crippen LogP contribution in [-0.4, -0.2) is 28.2 Å². The SMILES string of the molecule is COc1ccccc1/C=C\C=N/n1c(-c2ccccc2)n[nH]c1=S. The van der Waals surface area contributed by atoms with Crippen molar-refractivity contribution in [3.05, 3.63) is 71.0 Å². The van der Waals surface area contributed by atoms with Crippen LogP contribution in [0.25, 0.3) is 17.5 Å². The second-order valence-electron chi connectivity index (χ2n) is 4.90. The lowest BCUT2D eigenvalue weighted by Crippen LogP contribution is -1.93. The van der Waals surface area contributed by atoms with Crippen LogP contribution in [0.4, 0.5) is 0 Å². The lowest BCUT2D eigenvalue weighted by Gasteiger charge is -2.02. The molecule has 0 aliphatic carbocycles. The van der Waals surface area contributed by atoms with Crippen molar-refractivity contribution in [1.29, 1.82) is 0 Å². The number of benzene rings is 2. The third kappa shape index (κ3) is 3.49. The van der Waals surface area contributed by atoms with E-state index in [1.165, 1.54) is 0 Å². The van der Waals surface area contributed by atoms with E-state index in [9.17, 15) is 0 Å². The number of para-hydroxylation sites is 1. The Hall–Kier alpha value is -2.99. The molecule has 24 heavy (non-hydrogen) atoms. The molecule has 0 unspecified atom stereocenters. The molecule has 0 fully saturated rings. The average molecular weight is 336 g/mol. The number of hydrogen-bond acceptors (Lipinski definition) is 4. The van der Waals surface area contributed by atoms with Gasteiger partial charge in [0.15, 0.2) is 5.82 Å². The summed E-state index contributed by atoms with van der Waals surface area (Å²) in [6, 6.07) is 17.5. The van der Waals surface area contributed by atoms with Crippen molar-refractivity contribution in [2.45, 2.75) is 0 Å². The maximum absolute atomic E-state index is 5.31. The van der Waals surface area contributed by atoms with Crippen LogP contribution in [-0.2, 0) is 0 Å². The maximum Gasteiger partial charge on any atom is 0.216 e. The third-order valence-electron chi connectivity index (χ3n) is 3.37. The van der Waals surface area contributed by atoms with Gasteiger partial charge in [-0.2, -0.15) is 14.9 Å². The summed E-state index contributed by atoms with van der Waals surface area (Å²) in [6.07, 6.45) is 5.43. The molecule has 0 amide bonds. The smallest absolute Gasteiger partial charge is 0.216 e. The van der Waals surface area contributed by atoms with Gasteiger partial charge in [0.1, 0.15) is 5.75 Å². The number of aromatic nitrogens is 3. The largest absolute Gasteiger partial charge is 0.496 e. The molecule has 6 heteroatoms. The second kappa shape index (κ2) is 7.52. The van der Waals surface area contributed by atoms with Gasteiger partial charge in [0.25, 0.3) is 0 Å². The maximum atomic E-state index is 5.31. The van der Waals surface area contributed by atoms with E-state index in [0.717, 1.165) is 16.9 Å². The predicted octanol–water partition coefficient (Wildman–Crippen LogP) is 4.16. The summed E-state index contributed by atoms with van der Waals surface area (Å²) in [5.74, 6) is 1.48. The number of nitrogens with zero attached hydrogens (tertiary/aromatic N) is 3. The fourth-order valence-electron chi connectivity index (χ4n) is 2.23. The third-order valence-corrected chi connectivity index (χ3v) is 3.63. The van der Waals surface area contributed by atoms with Gasteiger partial charge in [0, 0.05) is 17.3 Å². The number of hydrogen-bond donors (Lipinski definition) is 1. The number of ether oxygens (including phenoxy) is 1. The second-order valence-corrected chi connectivity index (χ2v) is 5.28. The summed E-state index contributed by atoms with van der Waals surface area (Å²) in [7, 11) is 1.65. The molecule has 0 saturated carbocycles. The van der Waals surface area contributed by atoms with Gasteiger partial charge in [0.2, 0.25) is 4.77 Å². The van der Waals surface area contributed by atoms with Gasteiger partial charge in [-0.15, -0.1) is 0 Å². The molecule has 120 valence electrons. The van der Waals surface area contributed by atoms with Crippen molar-refractivity contribution in [3.8, 4) is 17.1 Å². The molecule has 0 radical (unpaired) electrons. The summed E-state index contributed by atoms with van der Waals surface area (Å²) in [6.45, 7) is 0.